The van der Waals surface area contributed by atoms with Crippen molar-refractivity contribution in [2.45, 2.75) is 18.9 Å². The van der Waals surface area contributed by atoms with E-state index in [4.69, 9.17) is 5.11 Å². The van der Waals surface area contributed by atoms with E-state index < -0.39 is 12.0 Å². The van der Waals surface area contributed by atoms with E-state index in [9.17, 15) is 9.59 Å². The number of carbonyl (C=O) groups is 2. The second-order valence-corrected chi connectivity index (χ2v) is 3.64. The molecule has 0 aliphatic heterocycles. The second kappa shape index (κ2) is 6.48. The van der Waals surface area contributed by atoms with Crippen LogP contribution >= 0.6 is 0 Å². The van der Waals surface area contributed by atoms with Crippen molar-refractivity contribution >= 4 is 11.9 Å². The Balaban J connectivity index is 2.64. The Kier molecular flexibility index (Phi) is 4.94. The molecule has 2 N–H and O–H groups in total. The number of amides is 1. The van der Waals surface area contributed by atoms with Gasteiger partial charge in [-0.2, -0.15) is 0 Å². The summed E-state index contributed by atoms with van der Waals surface area (Å²) in [4.78, 5) is 22.3. The van der Waals surface area contributed by atoms with Gasteiger partial charge in [0.05, 0.1) is 0 Å². The molecule has 0 fully saturated rings. The number of carboxylic acids is 1. The minimum absolute atomic E-state index is 0.124. The molecule has 1 aromatic rings. The fraction of sp³-hybridized carbons (Fsp3) is 0.231. The number of hydrogen-bond acceptors (Lipinski definition) is 2. The van der Waals surface area contributed by atoms with Gasteiger partial charge in [-0.1, -0.05) is 36.4 Å². The highest BCUT2D eigenvalue weighted by atomic mass is 16.4. The quantitative estimate of drug-likeness (QED) is 0.729. The first-order valence-corrected chi connectivity index (χ1v) is 5.30. The fourth-order valence-corrected chi connectivity index (χ4v) is 1.43. The average molecular weight is 233 g/mol. The summed E-state index contributed by atoms with van der Waals surface area (Å²) in [6.07, 6.45) is 1.84. The number of nitrogens with one attached hydrogen (secondary N) is 1. The third kappa shape index (κ3) is 4.51. The number of hydrogen-bond donors (Lipinski definition) is 2. The van der Waals surface area contributed by atoms with Gasteiger partial charge in [0.2, 0.25) is 5.91 Å². The summed E-state index contributed by atoms with van der Waals surface area (Å²) < 4.78 is 0. The van der Waals surface area contributed by atoms with Crippen LogP contribution in [-0.2, 0) is 16.0 Å². The van der Waals surface area contributed by atoms with Gasteiger partial charge in [0.25, 0.3) is 0 Å². The molecule has 1 rings (SSSR count). The Hall–Kier alpha value is -2.10. The predicted molar refractivity (Wildman–Crippen MR) is 64.5 cm³/mol. The molecule has 0 saturated heterocycles. The number of rotatable bonds is 6. The highest BCUT2D eigenvalue weighted by molar-refractivity contribution is 5.84. The Morgan fingerprint density at radius 2 is 2.00 bits per heavy atom. The number of carboxylic acid groups (broad SMARTS) is 1. The van der Waals surface area contributed by atoms with Crippen molar-refractivity contribution < 1.29 is 14.7 Å². The lowest BCUT2D eigenvalue weighted by Crippen LogP contribution is -2.42. The summed E-state index contributed by atoms with van der Waals surface area (Å²) in [5.74, 6) is -1.37. The van der Waals surface area contributed by atoms with Gasteiger partial charge in [-0.3, -0.25) is 4.79 Å². The predicted octanol–water partition coefficient (Wildman–Crippen LogP) is 1.37. The maximum absolute atomic E-state index is 11.3. The Bertz CT molecular complexity index is 400. The monoisotopic (exact) mass is 233 g/mol. The van der Waals surface area contributed by atoms with Crippen molar-refractivity contribution in [2.75, 3.05) is 0 Å². The summed E-state index contributed by atoms with van der Waals surface area (Å²) >= 11 is 0. The Morgan fingerprint density at radius 3 is 2.53 bits per heavy atom. The third-order valence-electron chi connectivity index (χ3n) is 2.25. The maximum atomic E-state index is 11.3. The van der Waals surface area contributed by atoms with Crippen LogP contribution in [0.25, 0.3) is 0 Å². The average Bonchev–Trinajstić information content (AvgIpc) is 2.29. The SMILES string of the molecule is C=CCC(=O)N[C@@H](Cc1ccccc1)C(=O)O. The Labute approximate surface area is 100.0 Å². The molecule has 0 bridgehead atoms. The van der Waals surface area contributed by atoms with Crippen LogP contribution < -0.4 is 5.32 Å². The molecule has 0 saturated carbocycles. The molecule has 4 heteroatoms. The van der Waals surface area contributed by atoms with E-state index >= 15 is 0 Å². The molecule has 1 aromatic carbocycles. The van der Waals surface area contributed by atoms with Crippen molar-refractivity contribution in [1.82, 2.24) is 5.32 Å². The molecule has 1 amide bonds. The smallest absolute Gasteiger partial charge is 0.326 e. The summed E-state index contributed by atoms with van der Waals surface area (Å²) in [5.41, 5.74) is 0.874. The van der Waals surface area contributed by atoms with Crippen LogP contribution in [0.2, 0.25) is 0 Å². The molecular formula is C13H15NO3. The van der Waals surface area contributed by atoms with Crippen molar-refractivity contribution in [3.05, 3.63) is 48.6 Å². The van der Waals surface area contributed by atoms with Gasteiger partial charge in [0.1, 0.15) is 6.04 Å². The number of benzene rings is 1. The van der Waals surface area contributed by atoms with Crippen LogP contribution in [0.4, 0.5) is 0 Å². The number of carbonyl (C=O) groups excluding carboxylic acids is 1. The van der Waals surface area contributed by atoms with Crippen LogP contribution in [-0.4, -0.2) is 23.0 Å². The van der Waals surface area contributed by atoms with Gasteiger partial charge in [0, 0.05) is 12.8 Å². The van der Waals surface area contributed by atoms with E-state index in [1.165, 1.54) is 6.08 Å². The van der Waals surface area contributed by atoms with Gasteiger partial charge < -0.3 is 10.4 Å². The lowest BCUT2D eigenvalue weighted by atomic mass is 10.1. The van der Waals surface area contributed by atoms with Gasteiger partial charge in [-0.25, -0.2) is 4.79 Å². The molecule has 90 valence electrons. The van der Waals surface area contributed by atoms with Gasteiger partial charge in [0.15, 0.2) is 0 Å². The first-order chi connectivity index (χ1) is 8.13. The van der Waals surface area contributed by atoms with E-state index in [-0.39, 0.29) is 18.7 Å². The molecule has 17 heavy (non-hydrogen) atoms. The lowest BCUT2D eigenvalue weighted by Gasteiger charge is -2.13. The topological polar surface area (TPSA) is 66.4 Å². The molecule has 0 radical (unpaired) electrons. The van der Waals surface area contributed by atoms with Crippen molar-refractivity contribution in [3.8, 4) is 0 Å². The first-order valence-electron chi connectivity index (χ1n) is 5.30. The minimum Gasteiger partial charge on any atom is -0.480 e. The molecule has 0 aliphatic rings. The highest BCUT2D eigenvalue weighted by Gasteiger charge is 2.19. The van der Waals surface area contributed by atoms with E-state index in [0.29, 0.717) is 0 Å². The molecule has 0 spiro atoms. The maximum Gasteiger partial charge on any atom is 0.326 e. The minimum atomic E-state index is -1.04. The zero-order valence-electron chi connectivity index (χ0n) is 9.43. The normalized spacial score (nSPS) is 11.5. The summed E-state index contributed by atoms with van der Waals surface area (Å²) in [6.45, 7) is 3.43. The largest absolute Gasteiger partial charge is 0.480 e. The van der Waals surface area contributed by atoms with Crippen molar-refractivity contribution in [2.24, 2.45) is 0 Å². The van der Waals surface area contributed by atoms with E-state index in [2.05, 4.69) is 11.9 Å². The molecular weight excluding hydrogens is 218 g/mol. The van der Waals surface area contributed by atoms with Crippen LogP contribution in [0.3, 0.4) is 0 Å². The summed E-state index contributed by atoms with van der Waals surface area (Å²) in [6, 6.07) is 8.28. The third-order valence-corrected chi connectivity index (χ3v) is 2.25. The Morgan fingerprint density at radius 1 is 1.35 bits per heavy atom. The lowest BCUT2D eigenvalue weighted by molar-refractivity contribution is -0.141. The second-order valence-electron chi connectivity index (χ2n) is 3.64. The fourth-order valence-electron chi connectivity index (χ4n) is 1.43. The molecule has 0 aromatic heterocycles. The van der Waals surface area contributed by atoms with Gasteiger partial charge in [-0.15, -0.1) is 6.58 Å². The summed E-state index contributed by atoms with van der Waals surface area (Å²) in [7, 11) is 0. The van der Waals surface area contributed by atoms with Crippen LogP contribution in [0.15, 0.2) is 43.0 Å². The van der Waals surface area contributed by atoms with Gasteiger partial charge >= 0.3 is 5.97 Å². The van der Waals surface area contributed by atoms with Crippen LogP contribution in [0.1, 0.15) is 12.0 Å². The van der Waals surface area contributed by atoms with Crippen molar-refractivity contribution in [3.63, 3.8) is 0 Å². The molecule has 0 aliphatic carbocycles. The standard InChI is InChI=1S/C13H15NO3/c1-2-6-12(15)14-11(13(16)17)9-10-7-4-3-5-8-10/h2-5,7-8,11H,1,6,9H2,(H,14,15)(H,16,17)/t11-/m0/s1. The zero-order chi connectivity index (χ0) is 12.7. The van der Waals surface area contributed by atoms with Crippen molar-refractivity contribution in [1.29, 1.82) is 0 Å². The van der Waals surface area contributed by atoms with Crippen LogP contribution in [0.5, 0.6) is 0 Å². The van der Waals surface area contributed by atoms with Crippen LogP contribution in [0, 0.1) is 0 Å². The van der Waals surface area contributed by atoms with Gasteiger partial charge in [-0.05, 0) is 5.56 Å². The molecule has 0 unspecified atom stereocenters. The molecule has 4 nitrogen and oxygen atoms in total. The van der Waals surface area contributed by atoms with E-state index in [0.717, 1.165) is 5.56 Å². The highest BCUT2D eigenvalue weighted by Crippen LogP contribution is 2.03. The van der Waals surface area contributed by atoms with E-state index in [1.54, 1.807) is 0 Å². The molecule has 0 heterocycles. The first kappa shape index (κ1) is 13.0. The zero-order valence-corrected chi connectivity index (χ0v) is 9.43. The summed E-state index contributed by atoms with van der Waals surface area (Å²) in [5, 5.41) is 11.5. The number of aliphatic carboxylic acids is 1. The van der Waals surface area contributed by atoms with E-state index in [1.807, 2.05) is 30.3 Å². The molecule has 1 atom stereocenters.